The summed E-state index contributed by atoms with van der Waals surface area (Å²) in [6, 6.07) is 14.0. The second kappa shape index (κ2) is 11.9. The van der Waals surface area contributed by atoms with E-state index >= 15 is 0 Å². The molecule has 0 radical (unpaired) electrons. The Balaban J connectivity index is 1.51. The monoisotopic (exact) mass is 353 g/mol. The Morgan fingerprint density at radius 3 is 2.27 bits per heavy atom. The quantitative estimate of drug-likeness (QED) is 0.299. The average molecular weight is 353 g/mol. The zero-order valence-corrected chi connectivity index (χ0v) is 15.2. The molecule has 26 heavy (non-hydrogen) atoms. The van der Waals surface area contributed by atoms with Crippen molar-refractivity contribution in [3.8, 4) is 17.0 Å². The highest BCUT2D eigenvalue weighted by Gasteiger charge is 2.00. The largest absolute Gasteiger partial charge is 0.494 e. The Morgan fingerprint density at radius 2 is 1.62 bits per heavy atom. The number of carbonyl (C=O) groups excluding carboxylic acids is 1. The number of nitrogens with zero attached hydrogens (tertiary/aromatic N) is 1. The lowest BCUT2D eigenvalue weighted by atomic mass is 10.1. The molecule has 0 N–H and O–H groups in total. The first-order chi connectivity index (χ1) is 12.8. The van der Waals surface area contributed by atoms with Gasteiger partial charge in [0.05, 0.1) is 18.9 Å². The van der Waals surface area contributed by atoms with Crippen molar-refractivity contribution in [1.82, 2.24) is 4.98 Å². The summed E-state index contributed by atoms with van der Waals surface area (Å²) in [5.74, 6) is 0.559. The van der Waals surface area contributed by atoms with E-state index in [1.807, 2.05) is 42.5 Å². The zero-order valence-electron chi connectivity index (χ0n) is 15.2. The van der Waals surface area contributed by atoms with Crippen LogP contribution in [0.25, 0.3) is 11.3 Å². The second-order valence-electron chi connectivity index (χ2n) is 6.08. The number of ether oxygens (including phenoxy) is 2. The third kappa shape index (κ3) is 7.51. The molecule has 0 aliphatic heterocycles. The van der Waals surface area contributed by atoms with E-state index < -0.39 is 0 Å². The molecule has 4 nitrogen and oxygen atoms in total. The third-order valence-corrected chi connectivity index (χ3v) is 4.03. The Bertz CT molecular complexity index is 653. The van der Waals surface area contributed by atoms with Crippen LogP contribution in [0.15, 0.2) is 61.3 Å². The van der Waals surface area contributed by atoms with Crippen molar-refractivity contribution in [3.05, 3.63) is 61.3 Å². The maximum atomic E-state index is 10.9. The minimum absolute atomic E-state index is 0.338. The fraction of sp³-hybridized carbons (Fsp3) is 0.364. The molecule has 138 valence electrons. The minimum atomic E-state index is -0.338. The van der Waals surface area contributed by atoms with Crippen molar-refractivity contribution in [1.29, 1.82) is 0 Å². The van der Waals surface area contributed by atoms with Crippen LogP contribution in [-0.4, -0.2) is 24.2 Å². The number of carbonyl (C=O) groups is 1. The van der Waals surface area contributed by atoms with Gasteiger partial charge in [-0.25, -0.2) is 4.79 Å². The van der Waals surface area contributed by atoms with Crippen LogP contribution in [0.1, 0.15) is 38.5 Å². The summed E-state index contributed by atoms with van der Waals surface area (Å²) in [5, 5.41) is 0. The van der Waals surface area contributed by atoms with Gasteiger partial charge in [0, 0.05) is 17.8 Å². The van der Waals surface area contributed by atoms with Gasteiger partial charge in [-0.3, -0.25) is 4.98 Å². The van der Waals surface area contributed by atoms with Crippen LogP contribution in [0.3, 0.4) is 0 Å². The van der Waals surface area contributed by atoms with E-state index in [0.717, 1.165) is 55.7 Å². The highest BCUT2D eigenvalue weighted by Crippen LogP contribution is 2.20. The molecule has 0 aliphatic rings. The summed E-state index contributed by atoms with van der Waals surface area (Å²) < 4.78 is 10.7. The first-order valence-corrected chi connectivity index (χ1v) is 9.23. The van der Waals surface area contributed by atoms with Gasteiger partial charge in [-0.15, -0.1) is 0 Å². The molecule has 0 amide bonds. The average Bonchev–Trinajstić information content (AvgIpc) is 2.70. The summed E-state index contributed by atoms with van der Waals surface area (Å²) >= 11 is 0. The molecule has 0 bridgehead atoms. The minimum Gasteiger partial charge on any atom is -0.494 e. The highest BCUT2D eigenvalue weighted by molar-refractivity contribution is 5.81. The fourth-order valence-electron chi connectivity index (χ4n) is 2.59. The van der Waals surface area contributed by atoms with E-state index in [-0.39, 0.29) is 5.97 Å². The Hall–Kier alpha value is -2.62. The Labute approximate surface area is 155 Å². The molecule has 0 aliphatic carbocycles. The molecule has 2 aromatic rings. The number of esters is 1. The van der Waals surface area contributed by atoms with Crippen LogP contribution in [-0.2, 0) is 9.53 Å². The molecule has 0 atom stereocenters. The summed E-state index contributed by atoms with van der Waals surface area (Å²) in [6.07, 6.45) is 9.53. The predicted octanol–water partition coefficient (Wildman–Crippen LogP) is 5.20. The van der Waals surface area contributed by atoms with Crippen molar-refractivity contribution in [3.63, 3.8) is 0 Å². The zero-order chi connectivity index (χ0) is 18.5. The maximum Gasteiger partial charge on any atom is 0.330 e. The third-order valence-electron chi connectivity index (χ3n) is 4.03. The van der Waals surface area contributed by atoms with E-state index in [0.29, 0.717) is 6.61 Å². The van der Waals surface area contributed by atoms with Crippen molar-refractivity contribution >= 4 is 5.97 Å². The number of benzene rings is 1. The van der Waals surface area contributed by atoms with Crippen molar-refractivity contribution in [2.45, 2.75) is 38.5 Å². The molecule has 0 unspecified atom stereocenters. The smallest absolute Gasteiger partial charge is 0.330 e. The van der Waals surface area contributed by atoms with Crippen molar-refractivity contribution in [2.75, 3.05) is 13.2 Å². The van der Waals surface area contributed by atoms with E-state index in [1.165, 1.54) is 12.5 Å². The van der Waals surface area contributed by atoms with Crippen molar-refractivity contribution in [2.24, 2.45) is 0 Å². The molecule has 1 aromatic heterocycles. The summed E-state index contributed by atoms with van der Waals surface area (Å²) in [6.45, 7) is 4.59. The van der Waals surface area contributed by atoms with Gasteiger partial charge in [-0.05, 0) is 49.2 Å². The number of hydrogen-bond acceptors (Lipinski definition) is 4. The van der Waals surface area contributed by atoms with Crippen LogP contribution < -0.4 is 4.74 Å². The summed E-state index contributed by atoms with van der Waals surface area (Å²) in [5.41, 5.74) is 2.06. The Kier molecular flexibility index (Phi) is 8.98. The molecule has 1 heterocycles. The van der Waals surface area contributed by atoms with Crippen molar-refractivity contribution < 1.29 is 14.3 Å². The number of unbranched alkanes of at least 4 members (excludes halogenated alkanes) is 5. The van der Waals surface area contributed by atoms with Gasteiger partial charge >= 0.3 is 5.97 Å². The first-order valence-electron chi connectivity index (χ1n) is 9.23. The van der Waals surface area contributed by atoms with E-state index in [4.69, 9.17) is 9.47 Å². The standard InChI is InChI=1S/C22H27NO3/c1-2-22(24)26-18-10-6-4-3-5-9-17-25-20-14-12-19(13-15-20)21-11-7-8-16-23-21/h2,7-8,11-16H,1,3-6,9-10,17-18H2. The topological polar surface area (TPSA) is 48.4 Å². The van der Waals surface area contributed by atoms with E-state index in [1.54, 1.807) is 6.20 Å². The van der Waals surface area contributed by atoms with Gasteiger partial charge in [0.15, 0.2) is 0 Å². The van der Waals surface area contributed by atoms with Crippen LogP contribution in [0, 0.1) is 0 Å². The van der Waals surface area contributed by atoms with Gasteiger partial charge in [0.2, 0.25) is 0 Å². The molecular formula is C22H27NO3. The maximum absolute atomic E-state index is 10.9. The summed E-state index contributed by atoms with van der Waals surface area (Å²) in [4.78, 5) is 15.2. The molecule has 0 fully saturated rings. The second-order valence-corrected chi connectivity index (χ2v) is 6.08. The lowest BCUT2D eigenvalue weighted by molar-refractivity contribution is -0.137. The van der Waals surface area contributed by atoms with Gasteiger partial charge < -0.3 is 9.47 Å². The molecule has 0 spiro atoms. The van der Waals surface area contributed by atoms with Gasteiger partial charge in [0.1, 0.15) is 5.75 Å². The molecular weight excluding hydrogens is 326 g/mol. The number of rotatable bonds is 12. The predicted molar refractivity (Wildman–Crippen MR) is 104 cm³/mol. The normalized spacial score (nSPS) is 10.3. The molecule has 4 heteroatoms. The number of hydrogen-bond donors (Lipinski definition) is 0. The Morgan fingerprint density at radius 1 is 0.923 bits per heavy atom. The lowest BCUT2D eigenvalue weighted by Gasteiger charge is -2.07. The SMILES string of the molecule is C=CC(=O)OCCCCCCCCOc1ccc(-c2ccccn2)cc1. The molecule has 1 aromatic carbocycles. The first kappa shape index (κ1) is 19.7. The highest BCUT2D eigenvalue weighted by atomic mass is 16.5. The van der Waals surface area contributed by atoms with E-state index in [9.17, 15) is 4.79 Å². The van der Waals surface area contributed by atoms with Crippen LogP contribution >= 0.6 is 0 Å². The molecule has 0 saturated carbocycles. The van der Waals surface area contributed by atoms with E-state index in [2.05, 4.69) is 11.6 Å². The van der Waals surface area contributed by atoms with Gasteiger partial charge in [-0.2, -0.15) is 0 Å². The molecule has 0 saturated heterocycles. The van der Waals surface area contributed by atoms with Gasteiger partial charge in [0.25, 0.3) is 0 Å². The molecule has 2 rings (SSSR count). The van der Waals surface area contributed by atoms with Crippen LogP contribution in [0.2, 0.25) is 0 Å². The van der Waals surface area contributed by atoms with Crippen LogP contribution in [0.5, 0.6) is 5.75 Å². The van der Waals surface area contributed by atoms with Gasteiger partial charge in [-0.1, -0.05) is 38.3 Å². The summed E-state index contributed by atoms with van der Waals surface area (Å²) in [7, 11) is 0. The number of aromatic nitrogens is 1. The number of pyridine rings is 1. The fourth-order valence-corrected chi connectivity index (χ4v) is 2.59. The lowest BCUT2D eigenvalue weighted by Crippen LogP contribution is -2.01. The van der Waals surface area contributed by atoms with Crippen LogP contribution in [0.4, 0.5) is 0 Å².